The van der Waals surface area contributed by atoms with Crippen LogP contribution < -0.4 is 10.1 Å². The highest BCUT2D eigenvalue weighted by Gasteiger charge is 2.27. The molecule has 0 bridgehead atoms. The van der Waals surface area contributed by atoms with Gasteiger partial charge in [-0.15, -0.1) is 0 Å². The quantitative estimate of drug-likeness (QED) is 0.777. The molecule has 2 rings (SSSR count). The van der Waals surface area contributed by atoms with Gasteiger partial charge in [0.15, 0.2) is 9.84 Å². The van der Waals surface area contributed by atoms with E-state index in [-0.39, 0.29) is 24.2 Å². The number of sulfone groups is 1. The van der Waals surface area contributed by atoms with Gasteiger partial charge in [-0.1, -0.05) is 19.1 Å². The van der Waals surface area contributed by atoms with Gasteiger partial charge in [-0.25, -0.2) is 8.42 Å². The van der Waals surface area contributed by atoms with Crippen molar-refractivity contribution in [2.45, 2.75) is 31.9 Å². The molecular weight excluding hydrogens is 290 g/mol. The lowest BCUT2D eigenvalue weighted by Crippen LogP contribution is -2.38. The Morgan fingerprint density at radius 1 is 1.38 bits per heavy atom. The summed E-state index contributed by atoms with van der Waals surface area (Å²) < 4.78 is 28.2. The Balaban J connectivity index is 1.68. The van der Waals surface area contributed by atoms with E-state index in [1.54, 1.807) is 0 Å². The third-order valence-electron chi connectivity index (χ3n) is 3.65. The van der Waals surface area contributed by atoms with Crippen molar-refractivity contribution in [1.29, 1.82) is 0 Å². The van der Waals surface area contributed by atoms with Crippen LogP contribution in [0.1, 0.15) is 18.9 Å². The Labute approximate surface area is 126 Å². The molecule has 2 atom stereocenters. The van der Waals surface area contributed by atoms with Gasteiger partial charge in [-0.2, -0.15) is 0 Å². The maximum atomic E-state index is 11.3. The van der Waals surface area contributed by atoms with E-state index in [4.69, 9.17) is 4.74 Å². The van der Waals surface area contributed by atoms with E-state index in [9.17, 15) is 13.5 Å². The van der Waals surface area contributed by atoms with Gasteiger partial charge in [-0.3, -0.25) is 0 Å². The maximum absolute atomic E-state index is 11.3. The number of aliphatic hydroxyl groups is 1. The predicted molar refractivity (Wildman–Crippen MR) is 82.4 cm³/mol. The first-order chi connectivity index (χ1) is 9.98. The zero-order valence-corrected chi connectivity index (χ0v) is 13.1. The van der Waals surface area contributed by atoms with Crippen molar-refractivity contribution >= 4 is 9.84 Å². The fourth-order valence-electron chi connectivity index (χ4n) is 2.33. The first kappa shape index (κ1) is 16.3. The summed E-state index contributed by atoms with van der Waals surface area (Å²) in [5.74, 6) is 1.13. The molecule has 0 amide bonds. The minimum absolute atomic E-state index is 0.0477. The molecule has 1 saturated heterocycles. The number of ether oxygens (including phenoxy) is 1. The third kappa shape index (κ3) is 5.30. The molecule has 6 heteroatoms. The molecule has 0 aliphatic carbocycles. The smallest absolute Gasteiger partial charge is 0.151 e. The standard InChI is InChI=1S/C15H23NO4S/c1-2-12-3-5-15(6-4-12)20-10-14(17)9-16-13-7-8-21(18,19)11-13/h3-6,13-14,16-17H,2,7-11H2,1H3. The number of hydrogen-bond acceptors (Lipinski definition) is 5. The van der Waals surface area contributed by atoms with Crippen molar-refractivity contribution in [2.75, 3.05) is 24.7 Å². The Hall–Kier alpha value is -1.11. The van der Waals surface area contributed by atoms with Gasteiger partial charge in [0, 0.05) is 12.6 Å². The van der Waals surface area contributed by atoms with Crippen LogP contribution in [0.15, 0.2) is 24.3 Å². The van der Waals surface area contributed by atoms with E-state index in [1.807, 2.05) is 24.3 Å². The number of benzene rings is 1. The number of hydrogen-bond donors (Lipinski definition) is 2. The summed E-state index contributed by atoms with van der Waals surface area (Å²) in [6.45, 7) is 2.62. The highest BCUT2D eigenvalue weighted by atomic mass is 32.2. The molecule has 1 aliphatic rings. The first-order valence-electron chi connectivity index (χ1n) is 7.32. The lowest BCUT2D eigenvalue weighted by Gasteiger charge is -2.16. The van der Waals surface area contributed by atoms with Crippen molar-refractivity contribution in [3.63, 3.8) is 0 Å². The van der Waals surface area contributed by atoms with Gasteiger partial charge < -0.3 is 15.2 Å². The molecular formula is C15H23NO4S. The average molecular weight is 313 g/mol. The zero-order valence-electron chi connectivity index (χ0n) is 12.3. The van der Waals surface area contributed by atoms with Crippen LogP contribution >= 0.6 is 0 Å². The van der Waals surface area contributed by atoms with Crippen LogP contribution in [0, 0.1) is 0 Å². The van der Waals surface area contributed by atoms with Crippen molar-refractivity contribution in [2.24, 2.45) is 0 Å². The zero-order chi connectivity index (χ0) is 15.3. The van der Waals surface area contributed by atoms with Gasteiger partial charge in [0.05, 0.1) is 11.5 Å². The van der Waals surface area contributed by atoms with Crippen molar-refractivity contribution < 1.29 is 18.3 Å². The summed E-state index contributed by atoms with van der Waals surface area (Å²) in [4.78, 5) is 0. The molecule has 21 heavy (non-hydrogen) atoms. The Bertz CT molecular complexity index is 541. The fraction of sp³-hybridized carbons (Fsp3) is 0.600. The molecule has 1 heterocycles. The molecule has 1 aromatic rings. The maximum Gasteiger partial charge on any atom is 0.151 e. The summed E-state index contributed by atoms with van der Waals surface area (Å²) in [6.07, 6.45) is 0.949. The van der Waals surface area contributed by atoms with Gasteiger partial charge >= 0.3 is 0 Å². The van der Waals surface area contributed by atoms with Gasteiger partial charge in [-0.05, 0) is 30.5 Å². The number of aryl methyl sites for hydroxylation is 1. The summed E-state index contributed by atoms with van der Waals surface area (Å²) in [5, 5.41) is 12.9. The Morgan fingerprint density at radius 2 is 2.10 bits per heavy atom. The highest BCUT2D eigenvalue weighted by Crippen LogP contribution is 2.13. The monoisotopic (exact) mass is 313 g/mol. The van der Waals surface area contributed by atoms with E-state index < -0.39 is 15.9 Å². The van der Waals surface area contributed by atoms with Crippen LogP contribution in [-0.2, 0) is 16.3 Å². The number of nitrogens with one attached hydrogen (secondary N) is 1. The second-order valence-electron chi connectivity index (χ2n) is 5.47. The number of aliphatic hydroxyl groups excluding tert-OH is 1. The molecule has 1 aliphatic heterocycles. The normalized spacial score (nSPS) is 22.1. The fourth-order valence-corrected chi connectivity index (χ4v) is 4.04. The predicted octanol–water partition coefficient (Wildman–Crippen LogP) is 0.765. The molecule has 5 nitrogen and oxygen atoms in total. The second-order valence-corrected chi connectivity index (χ2v) is 7.70. The summed E-state index contributed by atoms with van der Waals surface area (Å²) in [5.41, 5.74) is 1.24. The average Bonchev–Trinajstić information content (AvgIpc) is 2.83. The van der Waals surface area contributed by atoms with Crippen molar-refractivity contribution in [3.8, 4) is 5.75 Å². The van der Waals surface area contributed by atoms with Crippen LogP contribution in [0.25, 0.3) is 0 Å². The van der Waals surface area contributed by atoms with Crippen molar-refractivity contribution in [1.82, 2.24) is 5.32 Å². The van der Waals surface area contributed by atoms with Gasteiger partial charge in [0.2, 0.25) is 0 Å². The molecule has 2 unspecified atom stereocenters. The molecule has 0 spiro atoms. The van der Waals surface area contributed by atoms with E-state index in [1.165, 1.54) is 5.56 Å². The topological polar surface area (TPSA) is 75.6 Å². The van der Waals surface area contributed by atoms with Crippen LogP contribution in [0.5, 0.6) is 5.75 Å². The Kier molecular flexibility index (Phi) is 5.61. The van der Waals surface area contributed by atoms with E-state index >= 15 is 0 Å². The number of rotatable bonds is 7. The van der Waals surface area contributed by atoms with Gasteiger partial charge in [0.25, 0.3) is 0 Å². The SMILES string of the molecule is CCc1ccc(OCC(O)CNC2CCS(=O)(=O)C2)cc1. The molecule has 0 aromatic heterocycles. The van der Waals surface area contributed by atoms with E-state index in [2.05, 4.69) is 12.2 Å². The minimum atomic E-state index is -2.88. The lowest BCUT2D eigenvalue weighted by molar-refractivity contribution is 0.104. The molecule has 1 aromatic carbocycles. The summed E-state index contributed by atoms with van der Waals surface area (Å²) in [7, 11) is -2.88. The molecule has 2 N–H and O–H groups in total. The summed E-state index contributed by atoms with van der Waals surface area (Å²) >= 11 is 0. The molecule has 0 saturated carbocycles. The van der Waals surface area contributed by atoms with Crippen LogP contribution in [0.3, 0.4) is 0 Å². The molecule has 1 fully saturated rings. The van der Waals surface area contributed by atoms with E-state index in [0.29, 0.717) is 13.0 Å². The molecule has 0 radical (unpaired) electrons. The Morgan fingerprint density at radius 3 is 2.67 bits per heavy atom. The highest BCUT2D eigenvalue weighted by molar-refractivity contribution is 7.91. The first-order valence-corrected chi connectivity index (χ1v) is 9.14. The summed E-state index contributed by atoms with van der Waals surface area (Å²) in [6, 6.07) is 7.74. The van der Waals surface area contributed by atoms with Crippen LogP contribution in [-0.4, -0.2) is 50.3 Å². The second kappa shape index (κ2) is 7.24. The largest absolute Gasteiger partial charge is 0.491 e. The molecule has 118 valence electrons. The van der Waals surface area contributed by atoms with E-state index in [0.717, 1.165) is 12.2 Å². The lowest BCUT2D eigenvalue weighted by atomic mass is 10.2. The van der Waals surface area contributed by atoms with Gasteiger partial charge in [0.1, 0.15) is 18.5 Å². The van der Waals surface area contributed by atoms with Crippen molar-refractivity contribution in [3.05, 3.63) is 29.8 Å². The van der Waals surface area contributed by atoms with Crippen LogP contribution in [0.4, 0.5) is 0 Å². The minimum Gasteiger partial charge on any atom is -0.491 e. The third-order valence-corrected chi connectivity index (χ3v) is 5.42. The van der Waals surface area contributed by atoms with Crippen LogP contribution in [0.2, 0.25) is 0 Å².